The Labute approximate surface area is 178 Å². The van der Waals surface area contributed by atoms with E-state index < -0.39 is 6.04 Å². The number of rotatable bonds is 20. The number of nitrogens with one attached hydrogen (secondary N) is 1. The summed E-state index contributed by atoms with van der Waals surface area (Å²) in [5.74, 6) is 0.513. The molecule has 0 saturated carbocycles. The summed E-state index contributed by atoms with van der Waals surface area (Å²) in [5, 5.41) is 2.90. The lowest BCUT2D eigenvalue weighted by molar-refractivity contribution is -0.140. The van der Waals surface area contributed by atoms with Crippen molar-refractivity contribution >= 4 is 24.5 Å². The summed E-state index contributed by atoms with van der Waals surface area (Å²) in [6.07, 6.45) is 18.6. The molecule has 0 aromatic heterocycles. The number of thiol groups is 1. The third-order valence-corrected chi connectivity index (χ3v) is 5.37. The highest BCUT2D eigenvalue weighted by atomic mass is 32.1. The van der Waals surface area contributed by atoms with Crippen LogP contribution in [0.2, 0.25) is 0 Å². The maximum atomic E-state index is 11.6. The van der Waals surface area contributed by atoms with E-state index in [1.165, 1.54) is 77.7 Å². The first-order valence-corrected chi connectivity index (χ1v) is 12.0. The maximum absolute atomic E-state index is 11.6. The van der Waals surface area contributed by atoms with Crippen LogP contribution in [0.1, 0.15) is 103 Å². The molecule has 0 radical (unpaired) electrons. The van der Waals surface area contributed by atoms with Gasteiger partial charge in [-0.2, -0.15) is 12.6 Å². The Morgan fingerprint density at radius 1 is 0.821 bits per heavy atom. The summed E-state index contributed by atoms with van der Waals surface area (Å²) in [5.41, 5.74) is 5.73. The van der Waals surface area contributed by atoms with Gasteiger partial charge in [-0.3, -0.25) is 9.59 Å². The highest BCUT2D eigenvalue weighted by Crippen LogP contribution is 2.13. The molecule has 0 aliphatic carbocycles. The van der Waals surface area contributed by atoms with Crippen molar-refractivity contribution in [1.29, 1.82) is 0 Å². The average molecular weight is 417 g/mol. The Morgan fingerprint density at radius 2 is 1.25 bits per heavy atom. The number of amides is 1. The van der Waals surface area contributed by atoms with Gasteiger partial charge in [0.05, 0.1) is 13.2 Å². The van der Waals surface area contributed by atoms with E-state index in [1.54, 1.807) is 0 Å². The molecule has 3 N–H and O–H groups in total. The van der Waals surface area contributed by atoms with Crippen molar-refractivity contribution in [3.63, 3.8) is 0 Å². The third kappa shape index (κ3) is 18.6. The van der Waals surface area contributed by atoms with Crippen LogP contribution in [-0.2, 0) is 14.3 Å². The van der Waals surface area contributed by atoms with Crippen LogP contribution >= 0.6 is 12.6 Å². The lowest BCUT2D eigenvalue weighted by Gasteiger charge is -2.10. The lowest BCUT2D eigenvalue weighted by atomic mass is 10.0. The number of hydrogen-bond acceptors (Lipinski definition) is 5. The number of ether oxygens (including phenoxy) is 1. The van der Waals surface area contributed by atoms with Crippen LogP contribution < -0.4 is 11.1 Å². The number of carbonyl (C=O) groups excluding carboxylic acids is 2. The van der Waals surface area contributed by atoms with Gasteiger partial charge in [-0.1, -0.05) is 77.0 Å². The summed E-state index contributed by atoms with van der Waals surface area (Å²) in [6, 6.07) is -0.413. The van der Waals surface area contributed by atoms with Gasteiger partial charge in [0, 0.05) is 13.0 Å². The largest absolute Gasteiger partial charge is 0.469 e. The summed E-state index contributed by atoms with van der Waals surface area (Å²) in [4.78, 5) is 22.6. The van der Waals surface area contributed by atoms with E-state index in [-0.39, 0.29) is 11.9 Å². The minimum atomic E-state index is -0.413. The molecule has 1 unspecified atom stereocenters. The molecular weight excluding hydrogens is 372 g/mol. The monoisotopic (exact) mass is 416 g/mol. The van der Waals surface area contributed by atoms with E-state index in [0.29, 0.717) is 18.6 Å². The SMILES string of the molecule is COC(=O)CCCCCCCCCCCCCCCCNC(=O)C(N)CCS. The first-order chi connectivity index (χ1) is 13.6. The number of nitrogens with two attached hydrogens (primary N) is 1. The molecule has 0 saturated heterocycles. The van der Waals surface area contributed by atoms with Gasteiger partial charge >= 0.3 is 5.97 Å². The van der Waals surface area contributed by atoms with Crippen LogP contribution in [0.5, 0.6) is 0 Å². The Kier molecular flexibility index (Phi) is 20.4. The van der Waals surface area contributed by atoms with Crippen molar-refractivity contribution in [2.75, 3.05) is 19.4 Å². The molecule has 0 aromatic carbocycles. The number of carbonyl (C=O) groups is 2. The second-order valence-electron chi connectivity index (χ2n) is 7.69. The smallest absolute Gasteiger partial charge is 0.305 e. The molecule has 5 nitrogen and oxygen atoms in total. The van der Waals surface area contributed by atoms with E-state index in [0.717, 1.165) is 25.8 Å². The number of hydrogen-bond donors (Lipinski definition) is 3. The quantitative estimate of drug-likeness (QED) is 0.152. The molecule has 1 atom stereocenters. The van der Waals surface area contributed by atoms with Crippen molar-refractivity contribution in [2.24, 2.45) is 5.73 Å². The van der Waals surface area contributed by atoms with Gasteiger partial charge in [0.25, 0.3) is 0 Å². The third-order valence-electron chi connectivity index (χ3n) is 5.11. The van der Waals surface area contributed by atoms with Crippen LogP contribution in [0, 0.1) is 0 Å². The van der Waals surface area contributed by atoms with E-state index >= 15 is 0 Å². The van der Waals surface area contributed by atoms with Gasteiger partial charge in [-0.25, -0.2) is 0 Å². The highest BCUT2D eigenvalue weighted by molar-refractivity contribution is 7.80. The second-order valence-corrected chi connectivity index (χ2v) is 8.13. The molecule has 0 fully saturated rings. The first kappa shape index (κ1) is 27.2. The zero-order chi connectivity index (χ0) is 20.9. The van der Waals surface area contributed by atoms with Gasteiger partial charge < -0.3 is 15.8 Å². The Balaban J connectivity index is 3.16. The normalized spacial score (nSPS) is 12.0. The van der Waals surface area contributed by atoms with E-state index in [1.807, 2.05) is 0 Å². The number of esters is 1. The molecule has 0 aliphatic heterocycles. The van der Waals surface area contributed by atoms with Crippen molar-refractivity contribution in [3.8, 4) is 0 Å². The molecular formula is C22H44N2O3S. The van der Waals surface area contributed by atoms with Crippen molar-refractivity contribution < 1.29 is 14.3 Å². The molecule has 0 bridgehead atoms. The zero-order valence-corrected chi connectivity index (χ0v) is 18.9. The predicted octanol–water partition coefficient (Wildman–Crippen LogP) is 4.77. The number of unbranched alkanes of at least 4 members (excludes halogenated alkanes) is 13. The van der Waals surface area contributed by atoms with Crippen LogP contribution in [0.15, 0.2) is 0 Å². The van der Waals surface area contributed by atoms with Crippen molar-refractivity contribution in [2.45, 2.75) is 109 Å². The van der Waals surface area contributed by atoms with Gasteiger partial charge in [-0.05, 0) is 25.0 Å². The molecule has 28 heavy (non-hydrogen) atoms. The van der Waals surface area contributed by atoms with E-state index in [4.69, 9.17) is 5.73 Å². The number of methoxy groups -OCH3 is 1. The van der Waals surface area contributed by atoms with Gasteiger partial charge in [0.1, 0.15) is 0 Å². The molecule has 6 heteroatoms. The minimum absolute atomic E-state index is 0.0461. The van der Waals surface area contributed by atoms with Crippen molar-refractivity contribution in [3.05, 3.63) is 0 Å². The molecule has 1 amide bonds. The van der Waals surface area contributed by atoms with Crippen LogP contribution in [0.4, 0.5) is 0 Å². The van der Waals surface area contributed by atoms with Crippen LogP contribution in [-0.4, -0.2) is 37.3 Å². The molecule has 0 aromatic rings. The molecule has 0 spiro atoms. The standard InChI is InChI=1S/C22H44N2O3S/c1-27-21(25)16-14-12-10-8-6-4-2-3-5-7-9-11-13-15-18-24-22(26)20(23)17-19-28/h20,28H,2-19,23H2,1H3,(H,24,26). The summed E-state index contributed by atoms with van der Waals surface area (Å²) in [6.45, 7) is 0.738. The van der Waals surface area contributed by atoms with Crippen LogP contribution in [0.25, 0.3) is 0 Å². The summed E-state index contributed by atoms with van der Waals surface area (Å²) < 4.78 is 4.64. The zero-order valence-electron chi connectivity index (χ0n) is 18.1. The van der Waals surface area contributed by atoms with E-state index in [2.05, 4.69) is 22.7 Å². The Hall–Kier alpha value is -0.750. The first-order valence-electron chi connectivity index (χ1n) is 11.3. The predicted molar refractivity (Wildman–Crippen MR) is 121 cm³/mol. The molecule has 166 valence electrons. The lowest BCUT2D eigenvalue weighted by Crippen LogP contribution is -2.41. The summed E-state index contributed by atoms with van der Waals surface area (Å²) in [7, 11) is 1.45. The fourth-order valence-corrected chi connectivity index (χ4v) is 3.51. The van der Waals surface area contributed by atoms with Crippen molar-refractivity contribution in [1.82, 2.24) is 5.32 Å². The maximum Gasteiger partial charge on any atom is 0.305 e. The fourth-order valence-electron chi connectivity index (χ4n) is 3.23. The highest BCUT2D eigenvalue weighted by Gasteiger charge is 2.10. The molecule has 0 heterocycles. The van der Waals surface area contributed by atoms with Crippen LogP contribution in [0.3, 0.4) is 0 Å². The van der Waals surface area contributed by atoms with E-state index in [9.17, 15) is 9.59 Å². The molecule has 0 aliphatic rings. The Morgan fingerprint density at radius 3 is 1.68 bits per heavy atom. The Bertz CT molecular complexity index is 381. The van der Waals surface area contributed by atoms with Gasteiger partial charge in [0.2, 0.25) is 5.91 Å². The summed E-state index contributed by atoms with van der Waals surface area (Å²) >= 11 is 4.09. The van der Waals surface area contributed by atoms with Gasteiger partial charge in [0.15, 0.2) is 0 Å². The second kappa shape index (κ2) is 21.0. The average Bonchev–Trinajstić information content (AvgIpc) is 2.69. The van der Waals surface area contributed by atoms with Gasteiger partial charge in [-0.15, -0.1) is 0 Å². The fraction of sp³-hybridized carbons (Fsp3) is 0.909. The molecule has 0 rings (SSSR count). The minimum Gasteiger partial charge on any atom is -0.469 e. The topological polar surface area (TPSA) is 81.4 Å².